The molecule has 2 fully saturated rings. The van der Waals surface area contributed by atoms with Crippen LogP contribution in [0.15, 0.2) is 35.6 Å². The molecule has 1 saturated carbocycles. The number of carbonyl (C=O) groups excluding carboxylic acids is 1. The first-order chi connectivity index (χ1) is 14.8. The number of fused-ring (bicyclic) bond motifs is 2. The minimum atomic E-state index is -4.80. The van der Waals surface area contributed by atoms with E-state index in [4.69, 9.17) is 5.14 Å². The molecule has 8 nitrogen and oxygen atoms in total. The van der Waals surface area contributed by atoms with Crippen LogP contribution < -0.4 is 15.4 Å². The van der Waals surface area contributed by atoms with Crippen LogP contribution in [-0.4, -0.2) is 42.8 Å². The summed E-state index contributed by atoms with van der Waals surface area (Å²) in [6.07, 6.45) is -3.55. The van der Waals surface area contributed by atoms with Gasteiger partial charge in [-0.1, -0.05) is 0 Å². The van der Waals surface area contributed by atoms with Crippen molar-refractivity contribution >= 4 is 27.4 Å². The minimum Gasteiger partial charge on any atom is -0.352 e. The number of hydrogen-bond donors (Lipinski definition) is 2. The number of halogens is 5. The van der Waals surface area contributed by atoms with Crippen LogP contribution in [0.2, 0.25) is 0 Å². The zero-order valence-electron chi connectivity index (χ0n) is 16.1. The number of rotatable bonds is 4. The molecule has 0 aromatic carbocycles. The Morgan fingerprint density at radius 3 is 2.53 bits per heavy atom. The Kier molecular flexibility index (Phi) is 5.12. The van der Waals surface area contributed by atoms with Gasteiger partial charge in [-0.2, -0.15) is 13.2 Å². The molecule has 3 heterocycles. The summed E-state index contributed by atoms with van der Waals surface area (Å²) in [5.74, 6) is -5.04. The van der Waals surface area contributed by atoms with Crippen molar-refractivity contribution in [1.82, 2.24) is 9.97 Å². The van der Waals surface area contributed by atoms with E-state index in [1.165, 1.54) is 11.0 Å². The highest BCUT2D eigenvalue weighted by Gasteiger charge is 2.56. The third kappa shape index (κ3) is 4.11. The molecule has 1 amide bonds. The highest BCUT2D eigenvalue weighted by atomic mass is 32.2. The summed E-state index contributed by atoms with van der Waals surface area (Å²) in [4.78, 5) is 21.6. The number of nitrogens with two attached hydrogens (primary N) is 1. The fourth-order valence-corrected chi connectivity index (χ4v) is 4.51. The Labute approximate surface area is 178 Å². The summed E-state index contributed by atoms with van der Waals surface area (Å²) in [6, 6.07) is 2.07. The monoisotopic (exact) mass is 477 g/mol. The maximum Gasteiger partial charge on any atom is 0.417 e. The van der Waals surface area contributed by atoms with E-state index in [1.807, 2.05) is 0 Å². The summed E-state index contributed by atoms with van der Waals surface area (Å²) in [5, 5.41) is 6.73. The molecule has 2 aliphatic rings. The summed E-state index contributed by atoms with van der Waals surface area (Å²) in [7, 11) is -4.19. The average molecular weight is 477 g/mol. The second kappa shape index (κ2) is 7.33. The number of pyridine rings is 2. The van der Waals surface area contributed by atoms with Crippen molar-refractivity contribution in [2.75, 3.05) is 16.8 Å². The lowest BCUT2D eigenvalue weighted by Crippen LogP contribution is -2.42. The predicted molar refractivity (Wildman–Crippen MR) is 102 cm³/mol. The zero-order chi connectivity index (χ0) is 23.5. The first-order valence-electron chi connectivity index (χ1n) is 9.27. The van der Waals surface area contributed by atoms with Gasteiger partial charge in [0.15, 0.2) is 5.03 Å². The molecule has 0 radical (unpaired) electrons. The summed E-state index contributed by atoms with van der Waals surface area (Å²) in [6.45, 7) is -0.152. The van der Waals surface area contributed by atoms with Crippen LogP contribution in [0, 0.1) is 5.92 Å². The molecule has 2 aromatic heterocycles. The quantitative estimate of drug-likeness (QED) is 0.654. The number of amides is 1. The highest BCUT2D eigenvalue weighted by Crippen LogP contribution is 2.49. The lowest BCUT2D eigenvalue weighted by atomic mass is 10.0. The van der Waals surface area contributed by atoms with E-state index in [2.05, 4.69) is 15.3 Å². The molecule has 2 aromatic rings. The predicted octanol–water partition coefficient (Wildman–Crippen LogP) is 2.63. The van der Waals surface area contributed by atoms with E-state index in [0.29, 0.717) is 12.3 Å². The third-order valence-electron chi connectivity index (χ3n) is 5.51. The number of alkyl halides is 5. The molecule has 2 bridgehead atoms. The normalized spacial score (nSPS) is 22.2. The standard InChI is InChI=1S/C18H16F5N5O3S/c19-17(20)6-12-3-10(17)8-28(12)15-13(4-9(7-26-15)18(21,22)23)16(29)27-11-1-2-25-14(5-11)32(24,30)31/h1-2,4-5,7,10,12H,3,6,8H2,(H2,24,30,31)(H,25,27,29). The lowest BCUT2D eigenvalue weighted by Gasteiger charge is -2.33. The Bertz CT molecular complexity index is 1190. The number of nitrogens with one attached hydrogen (secondary N) is 1. The fourth-order valence-electron chi connectivity index (χ4n) is 4.01. The van der Waals surface area contributed by atoms with E-state index < -0.39 is 62.6 Å². The largest absolute Gasteiger partial charge is 0.417 e. The average Bonchev–Trinajstić information content (AvgIpc) is 3.22. The van der Waals surface area contributed by atoms with Gasteiger partial charge in [0.05, 0.1) is 11.1 Å². The van der Waals surface area contributed by atoms with Gasteiger partial charge in [-0.15, -0.1) is 0 Å². The number of primary sulfonamides is 1. The maximum absolute atomic E-state index is 13.9. The Hall–Kier alpha value is -2.87. The van der Waals surface area contributed by atoms with Crippen molar-refractivity contribution in [2.45, 2.75) is 36.0 Å². The molecular formula is C18H16F5N5O3S. The molecule has 14 heteroatoms. The van der Waals surface area contributed by atoms with Crippen LogP contribution in [0.1, 0.15) is 28.8 Å². The minimum absolute atomic E-state index is 0.0909. The summed E-state index contributed by atoms with van der Waals surface area (Å²) in [5.41, 5.74) is -1.77. The fraction of sp³-hybridized carbons (Fsp3) is 0.389. The van der Waals surface area contributed by atoms with Crippen molar-refractivity contribution in [3.05, 3.63) is 41.7 Å². The molecule has 2 unspecified atom stereocenters. The molecule has 0 spiro atoms. The van der Waals surface area contributed by atoms with Gasteiger partial charge in [0, 0.05) is 49.1 Å². The van der Waals surface area contributed by atoms with Crippen molar-refractivity contribution in [3.63, 3.8) is 0 Å². The molecular weight excluding hydrogens is 461 g/mol. The molecule has 3 N–H and O–H groups in total. The van der Waals surface area contributed by atoms with Gasteiger partial charge in [-0.05, 0) is 18.6 Å². The lowest BCUT2D eigenvalue weighted by molar-refractivity contribution is -0.137. The second-order valence-corrected chi connectivity index (χ2v) is 9.19. The van der Waals surface area contributed by atoms with Crippen LogP contribution in [0.4, 0.5) is 33.5 Å². The van der Waals surface area contributed by atoms with Gasteiger partial charge in [0.2, 0.25) is 0 Å². The van der Waals surface area contributed by atoms with Crippen molar-refractivity contribution in [3.8, 4) is 0 Å². The Morgan fingerprint density at radius 1 is 1.25 bits per heavy atom. The van der Waals surface area contributed by atoms with Crippen LogP contribution in [0.25, 0.3) is 0 Å². The first-order valence-corrected chi connectivity index (χ1v) is 10.8. The maximum atomic E-state index is 13.9. The van der Waals surface area contributed by atoms with Gasteiger partial charge < -0.3 is 10.2 Å². The summed E-state index contributed by atoms with van der Waals surface area (Å²) < 4.78 is 90.4. The van der Waals surface area contributed by atoms with Crippen LogP contribution in [0.5, 0.6) is 0 Å². The van der Waals surface area contributed by atoms with E-state index in [1.54, 1.807) is 0 Å². The van der Waals surface area contributed by atoms with Gasteiger partial charge >= 0.3 is 6.18 Å². The number of hydrogen-bond acceptors (Lipinski definition) is 6. The van der Waals surface area contributed by atoms with Crippen LogP contribution >= 0.6 is 0 Å². The number of nitrogens with zero attached hydrogens (tertiary/aromatic N) is 3. The highest BCUT2D eigenvalue weighted by molar-refractivity contribution is 7.89. The molecule has 4 rings (SSSR count). The third-order valence-corrected chi connectivity index (χ3v) is 6.32. The number of sulfonamides is 1. The number of aromatic nitrogens is 2. The van der Waals surface area contributed by atoms with Gasteiger partial charge in [0.1, 0.15) is 5.82 Å². The molecule has 1 aliphatic carbocycles. The van der Waals surface area contributed by atoms with Crippen molar-refractivity contribution in [1.29, 1.82) is 0 Å². The topological polar surface area (TPSA) is 118 Å². The van der Waals surface area contributed by atoms with E-state index in [-0.39, 0.29) is 24.5 Å². The molecule has 32 heavy (non-hydrogen) atoms. The van der Waals surface area contributed by atoms with Gasteiger partial charge in [0.25, 0.3) is 21.9 Å². The van der Waals surface area contributed by atoms with Crippen molar-refractivity contribution in [2.24, 2.45) is 11.1 Å². The first kappa shape index (κ1) is 22.3. The van der Waals surface area contributed by atoms with Crippen LogP contribution in [-0.2, 0) is 16.2 Å². The van der Waals surface area contributed by atoms with Crippen LogP contribution in [0.3, 0.4) is 0 Å². The molecule has 1 saturated heterocycles. The van der Waals surface area contributed by atoms with E-state index in [9.17, 15) is 35.2 Å². The Morgan fingerprint density at radius 2 is 1.97 bits per heavy atom. The number of carbonyl (C=O) groups is 1. The van der Waals surface area contributed by atoms with Gasteiger partial charge in [-0.3, -0.25) is 4.79 Å². The van der Waals surface area contributed by atoms with Crippen molar-refractivity contribution < 1.29 is 35.2 Å². The SMILES string of the molecule is NS(=O)(=O)c1cc(NC(=O)c2cc(C(F)(F)F)cnc2N2CC3CC2CC3(F)F)ccn1. The Balaban J connectivity index is 1.70. The number of anilines is 2. The van der Waals surface area contributed by atoms with Gasteiger partial charge in [-0.25, -0.2) is 32.3 Å². The second-order valence-electron chi connectivity index (χ2n) is 7.68. The summed E-state index contributed by atoms with van der Waals surface area (Å²) >= 11 is 0. The smallest absolute Gasteiger partial charge is 0.352 e. The molecule has 1 aliphatic heterocycles. The molecule has 172 valence electrons. The van der Waals surface area contributed by atoms with E-state index in [0.717, 1.165) is 12.3 Å². The van der Waals surface area contributed by atoms with E-state index >= 15 is 0 Å². The zero-order valence-corrected chi connectivity index (χ0v) is 16.9. The number of piperidine rings is 1. The molecule has 2 atom stereocenters.